The van der Waals surface area contributed by atoms with Gasteiger partial charge in [0.2, 0.25) is 0 Å². The molecule has 1 unspecified atom stereocenters. The largest absolute Gasteiger partial charge is 0.347 e. The summed E-state index contributed by atoms with van der Waals surface area (Å²) in [6.07, 6.45) is 4.78. The molecule has 0 radical (unpaired) electrons. The predicted octanol–water partition coefficient (Wildman–Crippen LogP) is 4.44. The summed E-state index contributed by atoms with van der Waals surface area (Å²) >= 11 is 0. The number of hydrogen-bond donors (Lipinski definition) is 2. The number of aromatic amines is 1. The van der Waals surface area contributed by atoms with E-state index in [-0.39, 0.29) is 17.3 Å². The molecular weight excluding hydrogens is 327 g/mol. The van der Waals surface area contributed by atoms with E-state index in [0.29, 0.717) is 6.42 Å². The molecule has 136 valence electrons. The minimum Gasteiger partial charge on any atom is -0.347 e. The number of nitrogens with zero attached hydrogens (tertiary/aromatic N) is 2. The minimum atomic E-state index is -0.333. The lowest BCUT2D eigenvalue weighted by atomic mass is 9.91. The lowest BCUT2D eigenvalue weighted by Crippen LogP contribution is -2.15. The van der Waals surface area contributed by atoms with E-state index in [1.807, 2.05) is 30.5 Å². The predicted molar refractivity (Wildman–Crippen MR) is 102 cm³/mol. The molecule has 26 heavy (non-hydrogen) atoms. The van der Waals surface area contributed by atoms with Crippen LogP contribution in [0.15, 0.2) is 48.8 Å². The molecule has 3 N–H and O–H groups in total. The fourth-order valence-electron chi connectivity index (χ4n) is 2.91. The van der Waals surface area contributed by atoms with Gasteiger partial charge in [0.1, 0.15) is 11.6 Å². The van der Waals surface area contributed by atoms with Crippen LogP contribution in [-0.4, -0.2) is 15.0 Å². The van der Waals surface area contributed by atoms with Crippen LogP contribution in [0, 0.1) is 11.2 Å². The topological polar surface area (TPSA) is 67.6 Å². The first-order chi connectivity index (χ1) is 12.3. The van der Waals surface area contributed by atoms with Gasteiger partial charge in [-0.2, -0.15) is 0 Å². The van der Waals surface area contributed by atoms with Gasteiger partial charge in [-0.3, -0.25) is 4.98 Å². The Morgan fingerprint density at radius 1 is 1.12 bits per heavy atom. The third-order valence-corrected chi connectivity index (χ3v) is 4.15. The van der Waals surface area contributed by atoms with Crippen molar-refractivity contribution < 1.29 is 4.39 Å². The van der Waals surface area contributed by atoms with Crippen LogP contribution in [0.2, 0.25) is 0 Å². The molecule has 0 aliphatic carbocycles. The van der Waals surface area contributed by atoms with Crippen LogP contribution in [0.1, 0.15) is 43.9 Å². The normalized spacial score (nSPS) is 13.0. The summed E-state index contributed by atoms with van der Waals surface area (Å²) in [6, 6.07) is 10.9. The number of benzene rings is 1. The highest BCUT2D eigenvalue weighted by Crippen LogP contribution is 2.22. The van der Waals surface area contributed by atoms with E-state index in [0.717, 1.165) is 34.8 Å². The number of nitrogens with two attached hydrogens (primary N) is 1. The Morgan fingerprint density at radius 2 is 1.85 bits per heavy atom. The molecule has 0 fully saturated rings. The molecule has 0 aliphatic rings. The minimum absolute atomic E-state index is 0.182. The van der Waals surface area contributed by atoms with Crippen molar-refractivity contribution in [2.45, 2.75) is 39.7 Å². The van der Waals surface area contributed by atoms with E-state index in [1.54, 1.807) is 6.07 Å². The lowest BCUT2D eigenvalue weighted by molar-refractivity contribution is 0.406. The molecule has 0 saturated carbocycles. The van der Waals surface area contributed by atoms with Crippen LogP contribution >= 0.6 is 0 Å². The number of imidazole rings is 1. The molecule has 0 aliphatic heterocycles. The monoisotopic (exact) mass is 352 g/mol. The van der Waals surface area contributed by atoms with Gasteiger partial charge in [0.25, 0.3) is 0 Å². The molecule has 1 atom stereocenters. The van der Waals surface area contributed by atoms with Gasteiger partial charge in [-0.15, -0.1) is 0 Å². The van der Waals surface area contributed by atoms with Crippen LogP contribution in [0.3, 0.4) is 0 Å². The van der Waals surface area contributed by atoms with Crippen molar-refractivity contribution in [2.75, 3.05) is 0 Å². The van der Waals surface area contributed by atoms with Crippen LogP contribution in [-0.2, 0) is 12.8 Å². The average molecular weight is 352 g/mol. The number of nitrogens with one attached hydrogen (secondary N) is 1. The van der Waals surface area contributed by atoms with E-state index < -0.39 is 0 Å². The maximum absolute atomic E-state index is 13.0. The molecule has 4 nitrogen and oxygen atoms in total. The zero-order valence-electron chi connectivity index (χ0n) is 15.5. The highest BCUT2D eigenvalue weighted by atomic mass is 19.1. The van der Waals surface area contributed by atoms with Gasteiger partial charge in [-0.25, -0.2) is 9.37 Å². The molecule has 5 heteroatoms. The summed E-state index contributed by atoms with van der Waals surface area (Å²) in [5.41, 5.74) is 10.4. The first-order valence-electron chi connectivity index (χ1n) is 8.81. The first-order valence-corrected chi connectivity index (χ1v) is 8.81. The third kappa shape index (κ3) is 4.76. The Kier molecular flexibility index (Phi) is 5.18. The Morgan fingerprint density at radius 3 is 2.46 bits per heavy atom. The molecule has 3 aromatic rings. The van der Waals surface area contributed by atoms with E-state index in [4.69, 9.17) is 5.73 Å². The SMILES string of the molecule is CC(C)(C)Cc1c[nH]c(C(N)Cc2ccc(-c3ccc(F)cn3)cc2)n1. The van der Waals surface area contributed by atoms with Crippen LogP contribution in [0.25, 0.3) is 11.3 Å². The van der Waals surface area contributed by atoms with Crippen LogP contribution in [0.4, 0.5) is 4.39 Å². The molecule has 2 aromatic heterocycles. The molecular formula is C21H25FN4. The number of halogens is 1. The lowest BCUT2D eigenvalue weighted by Gasteiger charge is -2.15. The summed E-state index contributed by atoms with van der Waals surface area (Å²) in [6.45, 7) is 6.58. The summed E-state index contributed by atoms with van der Waals surface area (Å²) in [4.78, 5) is 12.0. The maximum Gasteiger partial charge on any atom is 0.141 e. The van der Waals surface area contributed by atoms with Gasteiger partial charge in [0, 0.05) is 11.8 Å². The van der Waals surface area contributed by atoms with Crippen molar-refractivity contribution in [3.05, 3.63) is 71.7 Å². The number of pyridine rings is 1. The second kappa shape index (κ2) is 7.38. The fraction of sp³-hybridized carbons (Fsp3) is 0.333. The van der Waals surface area contributed by atoms with Gasteiger partial charge in [0.05, 0.1) is 23.6 Å². The zero-order valence-corrected chi connectivity index (χ0v) is 15.5. The summed E-state index contributed by atoms with van der Waals surface area (Å²) in [7, 11) is 0. The Labute approximate surface area is 153 Å². The van der Waals surface area contributed by atoms with E-state index in [9.17, 15) is 4.39 Å². The number of aromatic nitrogens is 3. The summed E-state index contributed by atoms with van der Waals surface area (Å²) in [5, 5.41) is 0. The average Bonchev–Trinajstić information content (AvgIpc) is 3.03. The van der Waals surface area contributed by atoms with E-state index in [2.05, 4.69) is 35.7 Å². The van der Waals surface area contributed by atoms with Gasteiger partial charge >= 0.3 is 0 Å². The smallest absolute Gasteiger partial charge is 0.141 e. The van der Waals surface area contributed by atoms with Crippen molar-refractivity contribution in [2.24, 2.45) is 11.1 Å². The van der Waals surface area contributed by atoms with Crippen molar-refractivity contribution in [1.29, 1.82) is 0 Å². The summed E-state index contributed by atoms with van der Waals surface area (Å²) in [5.74, 6) is 0.481. The molecule has 0 bridgehead atoms. The highest BCUT2D eigenvalue weighted by molar-refractivity contribution is 5.59. The van der Waals surface area contributed by atoms with E-state index >= 15 is 0 Å². The van der Waals surface area contributed by atoms with E-state index in [1.165, 1.54) is 12.3 Å². The molecule has 2 heterocycles. The van der Waals surface area contributed by atoms with Gasteiger partial charge in [-0.1, -0.05) is 45.0 Å². The molecule has 1 aromatic carbocycles. The number of H-pyrrole nitrogens is 1. The van der Waals surface area contributed by atoms with Gasteiger partial charge < -0.3 is 10.7 Å². The van der Waals surface area contributed by atoms with Crippen molar-refractivity contribution in [3.8, 4) is 11.3 Å². The Hall–Kier alpha value is -2.53. The quantitative estimate of drug-likeness (QED) is 0.713. The maximum atomic E-state index is 13.0. The van der Waals surface area contributed by atoms with Gasteiger partial charge in [0.15, 0.2) is 0 Å². The standard InChI is InChI=1S/C21H25FN4/c1-21(2,3)11-17-13-25-20(26-17)18(23)10-14-4-6-15(7-5-14)19-9-8-16(22)12-24-19/h4-9,12-13,18H,10-11,23H2,1-3H3,(H,25,26). The molecule has 0 saturated heterocycles. The van der Waals surface area contributed by atoms with Crippen LogP contribution < -0.4 is 5.73 Å². The molecule has 3 rings (SSSR count). The number of rotatable bonds is 5. The Balaban J connectivity index is 1.66. The second-order valence-electron chi connectivity index (χ2n) is 7.88. The third-order valence-electron chi connectivity index (χ3n) is 4.15. The number of hydrogen-bond acceptors (Lipinski definition) is 3. The van der Waals surface area contributed by atoms with Gasteiger partial charge in [-0.05, 0) is 36.0 Å². The highest BCUT2D eigenvalue weighted by Gasteiger charge is 2.16. The van der Waals surface area contributed by atoms with Crippen LogP contribution in [0.5, 0.6) is 0 Å². The van der Waals surface area contributed by atoms with Crippen molar-refractivity contribution >= 4 is 0 Å². The Bertz CT molecular complexity index is 845. The first kappa shape index (κ1) is 18.3. The van der Waals surface area contributed by atoms with Crippen molar-refractivity contribution in [3.63, 3.8) is 0 Å². The molecule has 0 spiro atoms. The fourth-order valence-corrected chi connectivity index (χ4v) is 2.91. The molecule has 0 amide bonds. The summed E-state index contributed by atoms with van der Waals surface area (Å²) < 4.78 is 13.0. The van der Waals surface area contributed by atoms with Crippen molar-refractivity contribution in [1.82, 2.24) is 15.0 Å². The second-order valence-corrected chi connectivity index (χ2v) is 7.88. The zero-order chi connectivity index (χ0) is 18.7.